The van der Waals surface area contributed by atoms with Crippen LogP contribution < -0.4 is 9.47 Å². The second-order valence-electron chi connectivity index (χ2n) is 3.75. The summed E-state index contributed by atoms with van der Waals surface area (Å²) in [6.07, 6.45) is 2.70. The fourth-order valence-corrected chi connectivity index (χ4v) is 1.33. The van der Waals surface area contributed by atoms with E-state index in [2.05, 4.69) is 4.74 Å². The molecule has 0 amide bonds. The molecular weight excluding hydrogens is 264 g/mol. The first kappa shape index (κ1) is 15.4. The Kier molecular flexibility index (Phi) is 5.46. The van der Waals surface area contributed by atoms with Crippen molar-refractivity contribution in [3.8, 4) is 11.5 Å². The average molecular weight is 278 g/mol. The highest BCUT2D eigenvalue weighted by Gasteiger charge is 2.10. The summed E-state index contributed by atoms with van der Waals surface area (Å²) in [6, 6.07) is 4.54. The number of carbonyl (C=O) groups is 3. The van der Waals surface area contributed by atoms with Crippen LogP contribution in [0.25, 0.3) is 6.08 Å². The molecule has 0 spiro atoms. The van der Waals surface area contributed by atoms with Gasteiger partial charge >= 0.3 is 17.9 Å². The Labute approximate surface area is 115 Å². The van der Waals surface area contributed by atoms with Crippen LogP contribution in [0.15, 0.2) is 24.3 Å². The van der Waals surface area contributed by atoms with Crippen LogP contribution in [-0.4, -0.2) is 25.0 Å². The number of benzene rings is 1. The summed E-state index contributed by atoms with van der Waals surface area (Å²) < 4.78 is 14.3. The van der Waals surface area contributed by atoms with Crippen molar-refractivity contribution in [3.05, 3.63) is 29.8 Å². The van der Waals surface area contributed by atoms with Gasteiger partial charge in [-0.3, -0.25) is 9.59 Å². The lowest BCUT2D eigenvalue weighted by atomic mass is 10.2. The van der Waals surface area contributed by atoms with Crippen LogP contribution in [0.2, 0.25) is 0 Å². The molecule has 6 heteroatoms. The highest BCUT2D eigenvalue weighted by molar-refractivity contribution is 5.87. The third-order valence-corrected chi connectivity index (χ3v) is 2.09. The molecule has 0 fully saturated rings. The maximum absolute atomic E-state index is 11.0. The first-order valence-corrected chi connectivity index (χ1v) is 5.69. The van der Waals surface area contributed by atoms with E-state index in [1.54, 1.807) is 6.07 Å². The van der Waals surface area contributed by atoms with E-state index in [0.29, 0.717) is 5.56 Å². The first-order valence-electron chi connectivity index (χ1n) is 5.69. The van der Waals surface area contributed by atoms with E-state index >= 15 is 0 Å². The predicted octanol–water partition coefficient (Wildman–Crippen LogP) is 1.72. The number of rotatable bonds is 4. The summed E-state index contributed by atoms with van der Waals surface area (Å²) >= 11 is 0. The zero-order chi connectivity index (χ0) is 15.1. The molecule has 0 aliphatic carbocycles. The summed E-state index contributed by atoms with van der Waals surface area (Å²) in [5.74, 6) is -1.37. The molecule has 106 valence electrons. The van der Waals surface area contributed by atoms with E-state index in [4.69, 9.17) is 9.47 Å². The van der Waals surface area contributed by atoms with Crippen molar-refractivity contribution in [3.63, 3.8) is 0 Å². The van der Waals surface area contributed by atoms with Gasteiger partial charge in [-0.15, -0.1) is 0 Å². The monoisotopic (exact) mass is 278 g/mol. The van der Waals surface area contributed by atoms with Crippen LogP contribution in [0.1, 0.15) is 19.4 Å². The fraction of sp³-hybridized carbons (Fsp3) is 0.214. The lowest BCUT2D eigenvalue weighted by Gasteiger charge is -2.09. The van der Waals surface area contributed by atoms with Gasteiger partial charge in [-0.05, 0) is 23.8 Å². The van der Waals surface area contributed by atoms with Crippen LogP contribution in [0.4, 0.5) is 0 Å². The molecule has 0 aromatic heterocycles. The van der Waals surface area contributed by atoms with E-state index in [0.717, 1.165) is 0 Å². The number of carbonyl (C=O) groups excluding carboxylic acids is 3. The quantitative estimate of drug-likeness (QED) is 0.474. The molecule has 0 unspecified atom stereocenters. The van der Waals surface area contributed by atoms with Gasteiger partial charge in [-0.1, -0.05) is 6.07 Å². The van der Waals surface area contributed by atoms with Gasteiger partial charge in [0.15, 0.2) is 11.5 Å². The Morgan fingerprint density at radius 3 is 2.15 bits per heavy atom. The van der Waals surface area contributed by atoms with Crippen molar-refractivity contribution in [1.29, 1.82) is 0 Å². The van der Waals surface area contributed by atoms with E-state index in [1.807, 2.05) is 0 Å². The highest BCUT2D eigenvalue weighted by Crippen LogP contribution is 2.29. The minimum Gasteiger partial charge on any atom is -0.466 e. The number of methoxy groups -OCH3 is 1. The van der Waals surface area contributed by atoms with Gasteiger partial charge in [0, 0.05) is 19.9 Å². The second kappa shape index (κ2) is 7.08. The summed E-state index contributed by atoms with van der Waals surface area (Å²) in [6.45, 7) is 2.47. The van der Waals surface area contributed by atoms with Gasteiger partial charge in [0.05, 0.1) is 7.11 Å². The van der Waals surface area contributed by atoms with Gasteiger partial charge in [-0.25, -0.2) is 4.79 Å². The van der Waals surface area contributed by atoms with Crippen molar-refractivity contribution in [2.45, 2.75) is 13.8 Å². The summed E-state index contributed by atoms with van der Waals surface area (Å²) in [4.78, 5) is 33.0. The molecule has 1 aromatic carbocycles. The van der Waals surface area contributed by atoms with E-state index in [-0.39, 0.29) is 11.5 Å². The first-order chi connectivity index (χ1) is 9.42. The second-order valence-corrected chi connectivity index (χ2v) is 3.75. The molecular formula is C14H14O6. The standard InChI is InChI=1S/C14H14O6/c1-9(15)19-12-6-4-11(5-7-14(17)18-3)8-13(12)20-10(2)16/h4-8H,1-3H3. The molecule has 0 atom stereocenters. The van der Waals surface area contributed by atoms with Crippen molar-refractivity contribution in [2.75, 3.05) is 7.11 Å². The van der Waals surface area contributed by atoms with Gasteiger partial charge in [0.1, 0.15) is 0 Å². The van der Waals surface area contributed by atoms with Crippen LogP contribution >= 0.6 is 0 Å². The lowest BCUT2D eigenvalue weighted by molar-refractivity contribution is -0.135. The zero-order valence-electron chi connectivity index (χ0n) is 11.3. The summed E-state index contributed by atoms with van der Waals surface area (Å²) in [5.41, 5.74) is 0.586. The van der Waals surface area contributed by atoms with Crippen molar-refractivity contribution in [1.82, 2.24) is 0 Å². The molecule has 0 aliphatic heterocycles. The van der Waals surface area contributed by atoms with Gasteiger partial charge in [0.25, 0.3) is 0 Å². The molecule has 0 N–H and O–H groups in total. The van der Waals surface area contributed by atoms with Gasteiger partial charge in [-0.2, -0.15) is 0 Å². The van der Waals surface area contributed by atoms with Crippen LogP contribution in [0.5, 0.6) is 11.5 Å². The number of hydrogen-bond donors (Lipinski definition) is 0. The number of ether oxygens (including phenoxy) is 3. The molecule has 6 nitrogen and oxygen atoms in total. The third kappa shape index (κ3) is 4.93. The molecule has 0 radical (unpaired) electrons. The lowest BCUT2D eigenvalue weighted by Crippen LogP contribution is -2.07. The SMILES string of the molecule is COC(=O)C=Cc1ccc(OC(C)=O)c(OC(C)=O)c1. The average Bonchev–Trinajstić information content (AvgIpc) is 2.37. The largest absolute Gasteiger partial charge is 0.466 e. The Morgan fingerprint density at radius 1 is 1.00 bits per heavy atom. The molecule has 0 saturated carbocycles. The van der Waals surface area contributed by atoms with Crippen molar-refractivity contribution >= 4 is 24.0 Å². The number of hydrogen-bond acceptors (Lipinski definition) is 6. The van der Waals surface area contributed by atoms with Gasteiger partial charge < -0.3 is 14.2 Å². The molecule has 0 aliphatic rings. The van der Waals surface area contributed by atoms with Crippen LogP contribution in [0.3, 0.4) is 0 Å². The van der Waals surface area contributed by atoms with E-state index in [9.17, 15) is 14.4 Å². The van der Waals surface area contributed by atoms with Crippen LogP contribution in [-0.2, 0) is 19.1 Å². The summed E-state index contributed by atoms with van der Waals surface area (Å²) in [7, 11) is 1.26. The van der Waals surface area contributed by atoms with Crippen molar-refractivity contribution in [2.24, 2.45) is 0 Å². The Bertz CT molecular complexity index is 559. The molecule has 20 heavy (non-hydrogen) atoms. The van der Waals surface area contributed by atoms with E-state index in [1.165, 1.54) is 45.2 Å². The smallest absolute Gasteiger partial charge is 0.330 e. The molecule has 0 bridgehead atoms. The summed E-state index contributed by atoms with van der Waals surface area (Å²) in [5, 5.41) is 0. The third-order valence-electron chi connectivity index (χ3n) is 2.09. The number of esters is 3. The van der Waals surface area contributed by atoms with Crippen LogP contribution in [0, 0.1) is 0 Å². The highest BCUT2D eigenvalue weighted by atomic mass is 16.6. The van der Waals surface area contributed by atoms with E-state index < -0.39 is 17.9 Å². The zero-order valence-corrected chi connectivity index (χ0v) is 11.3. The predicted molar refractivity (Wildman–Crippen MR) is 70.1 cm³/mol. The van der Waals surface area contributed by atoms with Gasteiger partial charge in [0.2, 0.25) is 0 Å². The Hall–Kier alpha value is -2.63. The maximum Gasteiger partial charge on any atom is 0.330 e. The molecule has 1 aromatic rings. The topological polar surface area (TPSA) is 78.9 Å². The Morgan fingerprint density at radius 2 is 1.60 bits per heavy atom. The fourth-order valence-electron chi connectivity index (χ4n) is 1.33. The molecule has 0 saturated heterocycles. The minimum atomic E-state index is -0.549. The molecule has 0 heterocycles. The normalized spacial score (nSPS) is 10.2. The Balaban J connectivity index is 3.06. The maximum atomic E-state index is 11.0. The molecule has 1 rings (SSSR count). The minimum absolute atomic E-state index is 0.0970. The van der Waals surface area contributed by atoms with Crippen molar-refractivity contribution < 1.29 is 28.6 Å².